The Bertz CT molecular complexity index is 140. The number of thioether (sulfide) groups is 1. The largest absolute Gasteiger partial charge is 0.409 e. The molecule has 0 aromatic carbocycles. The van der Waals surface area contributed by atoms with Crippen molar-refractivity contribution in [1.82, 2.24) is 0 Å². The Hall–Kier alpha value is -0.380. The Balaban J connectivity index is 3.00. The normalized spacial score (nSPS) is 11.9. The molecule has 0 aromatic heterocycles. The van der Waals surface area contributed by atoms with E-state index in [1.165, 1.54) is 25.0 Å². The molecule has 0 rings (SSSR count). The smallest absolute Gasteiger partial charge is 0.139 e. The van der Waals surface area contributed by atoms with Crippen molar-refractivity contribution in [3.63, 3.8) is 0 Å². The number of rotatable bonds is 8. The standard InChI is InChI=1S/C9H20N2OS/c1-2-3-4-7-13-8-5-6-9(10)11-12/h12H,2-8H2,1H3,(H2,10,11). The van der Waals surface area contributed by atoms with Gasteiger partial charge in [-0.25, -0.2) is 0 Å². The minimum atomic E-state index is 0.342. The number of hydrogen-bond acceptors (Lipinski definition) is 3. The van der Waals surface area contributed by atoms with Gasteiger partial charge in [0, 0.05) is 6.42 Å². The topological polar surface area (TPSA) is 58.6 Å². The van der Waals surface area contributed by atoms with Crippen molar-refractivity contribution < 1.29 is 5.21 Å². The molecule has 0 amide bonds. The molecule has 0 bridgehead atoms. The first-order chi connectivity index (χ1) is 6.31. The Morgan fingerprint density at radius 2 is 2.00 bits per heavy atom. The second kappa shape index (κ2) is 9.71. The van der Waals surface area contributed by atoms with E-state index in [0.717, 1.165) is 12.2 Å². The highest BCUT2D eigenvalue weighted by atomic mass is 32.2. The molecule has 0 aliphatic rings. The maximum Gasteiger partial charge on any atom is 0.139 e. The van der Waals surface area contributed by atoms with Gasteiger partial charge in [0.05, 0.1) is 0 Å². The van der Waals surface area contributed by atoms with Crippen molar-refractivity contribution in [2.75, 3.05) is 11.5 Å². The first-order valence-electron chi connectivity index (χ1n) is 4.85. The molecule has 0 heterocycles. The zero-order chi connectivity index (χ0) is 9.94. The van der Waals surface area contributed by atoms with Crippen molar-refractivity contribution in [1.29, 1.82) is 0 Å². The third-order valence-corrected chi connectivity index (χ3v) is 2.90. The first-order valence-corrected chi connectivity index (χ1v) is 6.00. The molecule has 3 nitrogen and oxygen atoms in total. The molecule has 78 valence electrons. The minimum absolute atomic E-state index is 0.342. The lowest BCUT2D eigenvalue weighted by Crippen LogP contribution is -2.11. The van der Waals surface area contributed by atoms with E-state index in [4.69, 9.17) is 10.9 Å². The van der Waals surface area contributed by atoms with Crippen LogP contribution in [0.1, 0.15) is 39.0 Å². The highest BCUT2D eigenvalue weighted by Crippen LogP contribution is 2.08. The van der Waals surface area contributed by atoms with Crippen LogP contribution in [0.3, 0.4) is 0 Å². The lowest BCUT2D eigenvalue weighted by atomic mass is 10.3. The number of amidine groups is 1. The Morgan fingerprint density at radius 1 is 1.31 bits per heavy atom. The van der Waals surface area contributed by atoms with Crippen LogP contribution in [0.2, 0.25) is 0 Å². The van der Waals surface area contributed by atoms with Crippen molar-refractivity contribution in [2.24, 2.45) is 10.9 Å². The van der Waals surface area contributed by atoms with Gasteiger partial charge in [-0.15, -0.1) is 0 Å². The Morgan fingerprint density at radius 3 is 2.62 bits per heavy atom. The van der Waals surface area contributed by atoms with Crippen LogP contribution in [-0.4, -0.2) is 22.5 Å². The van der Waals surface area contributed by atoms with Crippen LogP contribution in [0, 0.1) is 0 Å². The highest BCUT2D eigenvalue weighted by Gasteiger charge is 1.93. The molecule has 13 heavy (non-hydrogen) atoms. The molecule has 0 atom stereocenters. The van der Waals surface area contributed by atoms with Gasteiger partial charge < -0.3 is 10.9 Å². The fourth-order valence-electron chi connectivity index (χ4n) is 0.962. The molecule has 0 radical (unpaired) electrons. The SMILES string of the molecule is CCCCCSCCCC(N)=NO. The van der Waals surface area contributed by atoms with E-state index in [-0.39, 0.29) is 0 Å². The zero-order valence-electron chi connectivity index (χ0n) is 8.33. The van der Waals surface area contributed by atoms with Crippen molar-refractivity contribution >= 4 is 17.6 Å². The lowest BCUT2D eigenvalue weighted by Gasteiger charge is -2.00. The van der Waals surface area contributed by atoms with E-state index >= 15 is 0 Å². The van der Waals surface area contributed by atoms with Crippen LogP contribution in [-0.2, 0) is 0 Å². The Kier molecular flexibility index (Phi) is 9.42. The third kappa shape index (κ3) is 9.53. The van der Waals surface area contributed by atoms with E-state index in [0.29, 0.717) is 12.3 Å². The van der Waals surface area contributed by atoms with Crippen LogP contribution in [0.4, 0.5) is 0 Å². The van der Waals surface area contributed by atoms with Gasteiger partial charge >= 0.3 is 0 Å². The van der Waals surface area contributed by atoms with Gasteiger partial charge in [-0.05, 0) is 24.3 Å². The van der Waals surface area contributed by atoms with Crippen molar-refractivity contribution in [3.05, 3.63) is 0 Å². The molecular weight excluding hydrogens is 184 g/mol. The second-order valence-corrected chi connectivity index (χ2v) is 4.24. The average Bonchev–Trinajstić information content (AvgIpc) is 2.16. The second-order valence-electron chi connectivity index (χ2n) is 3.01. The first kappa shape index (κ1) is 12.6. The van der Waals surface area contributed by atoms with Crippen LogP contribution < -0.4 is 5.73 Å². The predicted octanol–water partition coefficient (Wildman–Crippen LogP) is 2.44. The van der Waals surface area contributed by atoms with Crippen LogP contribution >= 0.6 is 11.8 Å². The molecule has 0 aromatic rings. The van der Waals surface area contributed by atoms with Crippen LogP contribution in [0.15, 0.2) is 5.16 Å². The number of hydrogen-bond donors (Lipinski definition) is 2. The molecule has 0 saturated carbocycles. The van der Waals surface area contributed by atoms with E-state index in [1.807, 2.05) is 11.8 Å². The summed E-state index contributed by atoms with van der Waals surface area (Å²) in [5, 5.41) is 11.2. The number of oxime groups is 1. The van der Waals surface area contributed by atoms with Gasteiger partial charge in [0.25, 0.3) is 0 Å². The lowest BCUT2D eigenvalue weighted by molar-refractivity contribution is 0.317. The van der Waals surface area contributed by atoms with E-state index in [9.17, 15) is 0 Å². The van der Waals surface area contributed by atoms with Crippen LogP contribution in [0.25, 0.3) is 0 Å². The summed E-state index contributed by atoms with van der Waals surface area (Å²) < 4.78 is 0. The predicted molar refractivity (Wildman–Crippen MR) is 59.5 cm³/mol. The molecule has 0 spiro atoms. The quantitative estimate of drug-likeness (QED) is 0.210. The summed E-state index contributed by atoms with van der Waals surface area (Å²) in [5.74, 6) is 2.69. The summed E-state index contributed by atoms with van der Waals surface area (Å²) in [7, 11) is 0. The fourth-order valence-corrected chi connectivity index (χ4v) is 1.92. The van der Waals surface area contributed by atoms with Crippen LogP contribution in [0.5, 0.6) is 0 Å². The summed E-state index contributed by atoms with van der Waals surface area (Å²) in [6.07, 6.45) is 5.63. The summed E-state index contributed by atoms with van der Waals surface area (Å²) in [4.78, 5) is 0. The summed E-state index contributed by atoms with van der Waals surface area (Å²) in [6, 6.07) is 0. The summed E-state index contributed by atoms with van der Waals surface area (Å²) in [6.45, 7) is 2.21. The molecule has 3 N–H and O–H groups in total. The molecule has 0 unspecified atom stereocenters. The molecule has 0 aliphatic heterocycles. The van der Waals surface area contributed by atoms with Gasteiger partial charge in [0.2, 0.25) is 0 Å². The van der Waals surface area contributed by atoms with E-state index < -0.39 is 0 Å². The maximum absolute atomic E-state index is 8.26. The van der Waals surface area contributed by atoms with Gasteiger partial charge in [0.1, 0.15) is 5.84 Å². The summed E-state index contributed by atoms with van der Waals surface area (Å²) >= 11 is 1.95. The zero-order valence-corrected chi connectivity index (χ0v) is 9.15. The maximum atomic E-state index is 8.26. The van der Waals surface area contributed by atoms with Gasteiger partial charge in [-0.2, -0.15) is 11.8 Å². The number of nitrogens with zero attached hydrogens (tertiary/aromatic N) is 1. The average molecular weight is 204 g/mol. The van der Waals surface area contributed by atoms with E-state index in [2.05, 4.69) is 12.1 Å². The van der Waals surface area contributed by atoms with Gasteiger partial charge in [-0.1, -0.05) is 24.9 Å². The Labute approximate surface area is 84.8 Å². The van der Waals surface area contributed by atoms with Crippen molar-refractivity contribution in [2.45, 2.75) is 39.0 Å². The molecular formula is C9H20N2OS. The molecule has 0 fully saturated rings. The fraction of sp³-hybridized carbons (Fsp3) is 0.889. The van der Waals surface area contributed by atoms with Crippen molar-refractivity contribution in [3.8, 4) is 0 Å². The molecule has 0 aliphatic carbocycles. The summed E-state index contributed by atoms with van der Waals surface area (Å²) in [5.41, 5.74) is 5.33. The highest BCUT2D eigenvalue weighted by molar-refractivity contribution is 7.99. The molecule has 0 saturated heterocycles. The monoisotopic (exact) mass is 204 g/mol. The molecule has 4 heteroatoms. The third-order valence-electron chi connectivity index (χ3n) is 1.74. The van der Waals surface area contributed by atoms with E-state index in [1.54, 1.807) is 0 Å². The van der Waals surface area contributed by atoms with Gasteiger partial charge in [-0.3, -0.25) is 0 Å². The number of nitrogens with two attached hydrogens (primary N) is 1. The van der Waals surface area contributed by atoms with Gasteiger partial charge in [0.15, 0.2) is 0 Å². The minimum Gasteiger partial charge on any atom is -0.409 e. The number of unbranched alkanes of at least 4 members (excludes halogenated alkanes) is 2.